The second kappa shape index (κ2) is 6.27. The van der Waals surface area contributed by atoms with Gasteiger partial charge >= 0.3 is 0 Å². The maximum Gasteiger partial charge on any atom is 0.243 e. The molecule has 1 aliphatic heterocycles. The van der Waals surface area contributed by atoms with E-state index in [2.05, 4.69) is 5.32 Å². The number of benzene rings is 1. The first-order valence-electron chi connectivity index (χ1n) is 6.91. The fourth-order valence-corrected chi connectivity index (χ4v) is 2.42. The predicted octanol–water partition coefficient (Wildman–Crippen LogP) is 2.75. The quantitative estimate of drug-likeness (QED) is 0.928. The van der Waals surface area contributed by atoms with E-state index in [9.17, 15) is 9.59 Å². The lowest BCUT2D eigenvalue weighted by Crippen LogP contribution is -2.47. The van der Waals surface area contributed by atoms with Gasteiger partial charge in [0, 0.05) is 23.2 Å². The average molecular weight is 295 g/mol. The molecule has 20 heavy (non-hydrogen) atoms. The number of rotatable bonds is 4. The van der Waals surface area contributed by atoms with Crippen LogP contribution in [0.5, 0.6) is 0 Å². The smallest absolute Gasteiger partial charge is 0.243 e. The fraction of sp³-hybridized carbons (Fsp3) is 0.467. The Bertz CT molecular complexity index is 501. The molecule has 4 nitrogen and oxygen atoms in total. The van der Waals surface area contributed by atoms with Gasteiger partial charge in [0.15, 0.2) is 0 Å². The molecule has 1 saturated heterocycles. The summed E-state index contributed by atoms with van der Waals surface area (Å²) in [5.41, 5.74) is 0.723. The molecule has 0 radical (unpaired) electrons. The van der Waals surface area contributed by atoms with E-state index >= 15 is 0 Å². The summed E-state index contributed by atoms with van der Waals surface area (Å²) in [7, 11) is 0. The summed E-state index contributed by atoms with van der Waals surface area (Å²) < 4.78 is 0. The Morgan fingerprint density at radius 1 is 1.45 bits per heavy atom. The predicted molar refractivity (Wildman–Crippen MR) is 79.9 cm³/mol. The molecule has 5 heteroatoms. The number of hydrogen-bond donors (Lipinski definition) is 1. The highest BCUT2D eigenvalue weighted by Gasteiger charge is 2.37. The molecular formula is C15H19ClN2O2. The molecule has 1 fully saturated rings. The number of carbonyl (C=O) groups excluding carboxylic acids is 2. The van der Waals surface area contributed by atoms with Crippen molar-refractivity contribution in [3.63, 3.8) is 0 Å². The number of hydrogen-bond acceptors (Lipinski definition) is 2. The van der Waals surface area contributed by atoms with E-state index in [1.54, 1.807) is 29.2 Å². The van der Waals surface area contributed by atoms with Gasteiger partial charge in [0.1, 0.15) is 6.04 Å². The van der Waals surface area contributed by atoms with Crippen LogP contribution in [-0.2, 0) is 9.59 Å². The molecule has 2 unspecified atom stereocenters. The van der Waals surface area contributed by atoms with Gasteiger partial charge in [0.25, 0.3) is 0 Å². The van der Waals surface area contributed by atoms with Gasteiger partial charge in [-0.1, -0.05) is 18.5 Å². The summed E-state index contributed by atoms with van der Waals surface area (Å²) in [5.74, 6) is -0.100. The molecule has 0 bridgehead atoms. The second-order valence-electron chi connectivity index (χ2n) is 5.11. The summed E-state index contributed by atoms with van der Waals surface area (Å²) in [4.78, 5) is 25.9. The third-order valence-electron chi connectivity index (χ3n) is 3.62. The Balaban J connectivity index is 2.18. The molecule has 1 N–H and O–H groups in total. The third kappa shape index (κ3) is 3.12. The Labute approximate surface area is 124 Å². The highest BCUT2D eigenvalue weighted by atomic mass is 35.5. The lowest BCUT2D eigenvalue weighted by molar-refractivity contribution is -0.124. The van der Waals surface area contributed by atoms with Crippen LogP contribution in [0.2, 0.25) is 5.02 Å². The van der Waals surface area contributed by atoms with Gasteiger partial charge in [-0.05, 0) is 44.0 Å². The number of carbonyl (C=O) groups is 2. The van der Waals surface area contributed by atoms with Crippen LogP contribution in [0.4, 0.5) is 5.69 Å². The molecule has 1 aromatic rings. The van der Waals surface area contributed by atoms with Gasteiger partial charge in [0.05, 0.1) is 0 Å². The van der Waals surface area contributed by atoms with Gasteiger partial charge in [0.2, 0.25) is 11.8 Å². The Morgan fingerprint density at radius 2 is 2.10 bits per heavy atom. The van der Waals surface area contributed by atoms with Crippen molar-refractivity contribution >= 4 is 29.1 Å². The van der Waals surface area contributed by atoms with E-state index in [4.69, 9.17) is 11.6 Å². The summed E-state index contributed by atoms with van der Waals surface area (Å²) in [6.45, 7) is 3.98. The number of amides is 2. The minimum Gasteiger partial charge on any atom is -0.352 e. The Morgan fingerprint density at radius 3 is 2.70 bits per heavy atom. The average Bonchev–Trinajstić information content (AvgIpc) is 2.81. The fourth-order valence-electron chi connectivity index (χ4n) is 2.30. The molecular weight excluding hydrogens is 276 g/mol. The molecule has 0 aliphatic carbocycles. The maximum absolute atomic E-state index is 12.3. The van der Waals surface area contributed by atoms with Crippen LogP contribution in [0.15, 0.2) is 24.3 Å². The van der Waals surface area contributed by atoms with Crippen molar-refractivity contribution in [2.24, 2.45) is 0 Å². The van der Waals surface area contributed by atoms with Crippen LogP contribution in [0, 0.1) is 0 Å². The highest BCUT2D eigenvalue weighted by Crippen LogP contribution is 2.28. The Hall–Kier alpha value is -1.55. The van der Waals surface area contributed by atoms with Gasteiger partial charge in [-0.25, -0.2) is 0 Å². The third-order valence-corrected chi connectivity index (χ3v) is 3.87. The molecule has 108 valence electrons. The minimum atomic E-state index is -0.419. The second-order valence-corrected chi connectivity index (χ2v) is 5.55. The standard InChI is InChI=1S/C15H19ClN2O2/c1-3-10(2)17-15(20)13-8-9-14(19)18(13)12-6-4-11(16)5-7-12/h4-7,10,13H,3,8-9H2,1-2H3,(H,17,20). The maximum atomic E-state index is 12.3. The first-order chi connectivity index (χ1) is 9.52. The molecule has 0 saturated carbocycles. The summed E-state index contributed by atoms with van der Waals surface area (Å²) in [6, 6.07) is 6.70. The summed E-state index contributed by atoms with van der Waals surface area (Å²) in [6.07, 6.45) is 1.83. The number of nitrogens with zero attached hydrogens (tertiary/aromatic N) is 1. The molecule has 1 aromatic carbocycles. The van der Waals surface area contributed by atoms with Crippen molar-refractivity contribution < 1.29 is 9.59 Å². The summed E-state index contributed by atoms with van der Waals surface area (Å²) >= 11 is 5.86. The molecule has 2 atom stereocenters. The van der Waals surface area contributed by atoms with Crippen LogP contribution in [0.3, 0.4) is 0 Å². The van der Waals surface area contributed by atoms with Crippen LogP contribution in [-0.4, -0.2) is 23.9 Å². The molecule has 2 amide bonds. The lowest BCUT2D eigenvalue weighted by Gasteiger charge is -2.25. The van der Waals surface area contributed by atoms with Crippen molar-refractivity contribution in [3.8, 4) is 0 Å². The first-order valence-corrected chi connectivity index (χ1v) is 7.28. The van der Waals surface area contributed by atoms with Crippen LogP contribution in [0.25, 0.3) is 0 Å². The largest absolute Gasteiger partial charge is 0.352 e. The summed E-state index contributed by atoms with van der Waals surface area (Å²) in [5, 5.41) is 3.56. The van der Waals surface area contributed by atoms with Gasteiger partial charge in [-0.15, -0.1) is 0 Å². The topological polar surface area (TPSA) is 49.4 Å². The number of anilines is 1. The SMILES string of the molecule is CCC(C)NC(=O)C1CCC(=O)N1c1ccc(Cl)cc1. The van der Waals surface area contributed by atoms with Crippen molar-refractivity contribution in [2.45, 2.75) is 45.2 Å². The zero-order chi connectivity index (χ0) is 14.7. The van der Waals surface area contributed by atoms with Crippen LogP contribution < -0.4 is 10.2 Å². The van der Waals surface area contributed by atoms with E-state index in [0.717, 1.165) is 12.1 Å². The zero-order valence-corrected chi connectivity index (χ0v) is 12.5. The molecule has 1 aliphatic rings. The number of halogens is 1. The molecule has 1 heterocycles. The van der Waals surface area contributed by atoms with E-state index < -0.39 is 6.04 Å². The van der Waals surface area contributed by atoms with Crippen LogP contribution >= 0.6 is 11.6 Å². The molecule has 0 spiro atoms. The van der Waals surface area contributed by atoms with Crippen molar-refractivity contribution in [3.05, 3.63) is 29.3 Å². The van der Waals surface area contributed by atoms with E-state index in [-0.39, 0.29) is 17.9 Å². The van der Waals surface area contributed by atoms with E-state index in [1.165, 1.54) is 0 Å². The van der Waals surface area contributed by atoms with Crippen molar-refractivity contribution in [1.82, 2.24) is 5.32 Å². The van der Waals surface area contributed by atoms with E-state index in [1.807, 2.05) is 13.8 Å². The van der Waals surface area contributed by atoms with Gasteiger partial charge in [-0.3, -0.25) is 14.5 Å². The molecule has 2 rings (SSSR count). The molecule has 0 aromatic heterocycles. The zero-order valence-electron chi connectivity index (χ0n) is 11.7. The monoisotopic (exact) mass is 294 g/mol. The Kier molecular flexibility index (Phi) is 4.65. The van der Waals surface area contributed by atoms with Crippen molar-refractivity contribution in [2.75, 3.05) is 4.90 Å². The van der Waals surface area contributed by atoms with Gasteiger partial charge in [-0.2, -0.15) is 0 Å². The van der Waals surface area contributed by atoms with Crippen molar-refractivity contribution in [1.29, 1.82) is 0 Å². The minimum absolute atomic E-state index is 0.0170. The van der Waals surface area contributed by atoms with Gasteiger partial charge < -0.3 is 5.32 Å². The highest BCUT2D eigenvalue weighted by molar-refractivity contribution is 6.30. The normalized spacial score (nSPS) is 20.1. The lowest BCUT2D eigenvalue weighted by atomic mass is 10.1. The van der Waals surface area contributed by atoms with Crippen LogP contribution in [0.1, 0.15) is 33.1 Å². The van der Waals surface area contributed by atoms with E-state index in [0.29, 0.717) is 17.9 Å². The first kappa shape index (κ1) is 14.9. The number of nitrogens with one attached hydrogen (secondary N) is 1.